The van der Waals surface area contributed by atoms with Gasteiger partial charge < -0.3 is 4.74 Å². The lowest BCUT2D eigenvalue weighted by atomic mass is 10.0. The summed E-state index contributed by atoms with van der Waals surface area (Å²) in [5, 5.41) is 0. The highest BCUT2D eigenvalue weighted by Gasteiger charge is 2.19. The number of unbranched alkanes of at least 4 members (excludes halogenated alkanes) is 2. The predicted molar refractivity (Wildman–Crippen MR) is 78.9 cm³/mol. The van der Waals surface area contributed by atoms with Crippen LogP contribution in [0, 0.1) is 5.92 Å². The lowest BCUT2D eigenvalue weighted by Crippen LogP contribution is -2.18. The van der Waals surface area contributed by atoms with Crippen LogP contribution >= 0.6 is 0 Å². The molecule has 0 bridgehead atoms. The number of carbonyl (C=O) groups is 1. The molecule has 0 heterocycles. The van der Waals surface area contributed by atoms with Crippen molar-refractivity contribution >= 4 is 5.97 Å². The molecule has 106 valence electrons. The molecule has 2 nitrogen and oxygen atoms in total. The second-order valence-electron chi connectivity index (χ2n) is 5.14. The zero-order chi connectivity index (χ0) is 14.1. The number of carbonyl (C=O) groups excluding carboxylic acids is 1. The van der Waals surface area contributed by atoms with Crippen LogP contribution < -0.4 is 0 Å². The van der Waals surface area contributed by atoms with E-state index in [9.17, 15) is 4.79 Å². The van der Waals surface area contributed by atoms with Crippen molar-refractivity contribution in [2.75, 3.05) is 0 Å². The smallest absolute Gasteiger partial charge is 0.309 e. The second kappa shape index (κ2) is 8.73. The first-order valence-electron chi connectivity index (χ1n) is 7.44. The van der Waals surface area contributed by atoms with E-state index in [1.165, 1.54) is 12.8 Å². The first kappa shape index (κ1) is 15.7. The van der Waals surface area contributed by atoms with Crippen LogP contribution in [-0.2, 0) is 9.53 Å². The molecule has 0 saturated heterocycles. The summed E-state index contributed by atoms with van der Waals surface area (Å²) in [5.41, 5.74) is 1.08. The van der Waals surface area contributed by atoms with Gasteiger partial charge in [-0.2, -0.15) is 0 Å². The van der Waals surface area contributed by atoms with Crippen LogP contribution in [0.1, 0.15) is 64.5 Å². The number of hydrogen-bond donors (Lipinski definition) is 0. The first-order valence-corrected chi connectivity index (χ1v) is 7.44. The van der Waals surface area contributed by atoms with Gasteiger partial charge in [0.1, 0.15) is 6.10 Å². The second-order valence-corrected chi connectivity index (χ2v) is 5.14. The van der Waals surface area contributed by atoms with Crippen LogP contribution in [0.3, 0.4) is 0 Å². The standard InChI is InChI=1S/C17H26O2/c1-4-6-8-11-14(3)17(18)19-16(5-2)15-12-9-7-10-13-15/h7,9-10,12-14,16H,4-6,8,11H2,1-3H3/t14-,16-/m1/s1. The Morgan fingerprint density at radius 3 is 2.42 bits per heavy atom. The van der Waals surface area contributed by atoms with Crippen molar-refractivity contribution in [3.05, 3.63) is 35.9 Å². The van der Waals surface area contributed by atoms with Gasteiger partial charge in [-0.1, -0.05) is 70.4 Å². The zero-order valence-electron chi connectivity index (χ0n) is 12.4. The average molecular weight is 262 g/mol. The van der Waals surface area contributed by atoms with Gasteiger partial charge in [-0.25, -0.2) is 0 Å². The summed E-state index contributed by atoms with van der Waals surface area (Å²) in [7, 11) is 0. The summed E-state index contributed by atoms with van der Waals surface area (Å²) >= 11 is 0. The number of benzene rings is 1. The molecule has 0 radical (unpaired) electrons. The lowest BCUT2D eigenvalue weighted by Gasteiger charge is -2.19. The maximum Gasteiger partial charge on any atom is 0.309 e. The topological polar surface area (TPSA) is 26.3 Å². The van der Waals surface area contributed by atoms with Crippen LogP contribution in [-0.4, -0.2) is 5.97 Å². The van der Waals surface area contributed by atoms with Crippen molar-refractivity contribution in [2.24, 2.45) is 5.92 Å². The fourth-order valence-electron chi connectivity index (χ4n) is 2.13. The third kappa shape index (κ3) is 5.46. The van der Waals surface area contributed by atoms with Crippen molar-refractivity contribution in [3.8, 4) is 0 Å². The minimum absolute atomic E-state index is 0.00399. The molecule has 0 aliphatic rings. The Kier molecular flexibility index (Phi) is 7.24. The van der Waals surface area contributed by atoms with Crippen LogP contribution in [0.2, 0.25) is 0 Å². The zero-order valence-corrected chi connectivity index (χ0v) is 12.4. The molecular formula is C17H26O2. The van der Waals surface area contributed by atoms with E-state index in [1.54, 1.807) is 0 Å². The summed E-state index contributed by atoms with van der Waals surface area (Å²) in [5.74, 6) is -0.0591. The van der Waals surface area contributed by atoms with Crippen LogP contribution in [0.4, 0.5) is 0 Å². The minimum Gasteiger partial charge on any atom is -0.457 e. The molecule has 1 aromatic rings. The molecule has 0 fully saturated rings. The Morgan fingerprint density at radius 2 is 1.84 bits per heavy atom. The molecule has 0 aliphatic heterocycles. The molecule has 19 heavy (non-hydrogen) atoms. The summed E-state index contributed by atoms with van der Waals surface area (Å²) in [6.07, 6.45) is 5.11. The monoisotopic (exact) mass is 262 g/mol. The van der Waals surface area contributed by atoms with E-state index in [1.807, 2.05) is 44.2 Å². The van der Waals surface area contributed by atoms with E-state index in [0.29, 0.717) is 0 Å². The van der Waals surface area contributed by atoms with Gasteiger partial charge in [-0.3, -0.25) is 4.79 Å². The number of esters is 1. The lowest BCUT2D eigenvalue weighted by molar-refractivity contribution is -0.154. The van der Waals surface area contributed by atoms with Gasteiger partial charge in [0.2, 0.25) is 0 Å². The predicted octanol–water partition coefficient (Wildman–Crippen LogP) is 4.90. The van der Waals surface area contributed by atoms with E-state index < -0.39 is 0 Å². The molecule has 0 amide bonds. The SMILES string of the molecule is CCCCC[C@@H](C)C(=O)O[C@H](CC)c1ccccc1. The van der Waals surface area contributed by atoms with Crippen LogP contribution in [0.5, 0.6) is 0 Å². The highest BCUT2D eigenvalue weighted by Crippen LogP contribution is 2.23. The first-order chi connectivity index (χ1) is 9.19. The largest absolute Gasteiger partial charge is 0.457 e. The minimum atomic E-state index is -0.109. The van der Waals surface area contributed by atoms with Crippen molar-refractivity contribution in [3.63, 3.8) is 0 Å². The van der Waals surface area contributed by atoms with E-state index in [4.69, 9.17) is 4.74 Å². The Morgan fingerprint density at radius 1 is 1.16 bits per heavy atom. The summed E-state index contributed by atoms with van der Waals surface area (Å²) in [6.45, 7) is 6.19. The van der Waals surface area contributed by atoms with E-state index in [0.717, 1.165) is 24.8 Å². The number of rotatable bonds is 8. The van der Waals surface area contributed by atoms with Gasteiger partial charge in [0.05, 0.1) is 5.92 Å². The molecule has 0 aromatic heterocycles. The molecule has 0 unspecified atom stereocenters. The maximum atomic E-state index is 12.1. The summed E-state index contributed by atoms with van der Waals surface area (Å²) < 4.78 is 5.64. The van der Waals surface area contributed by atoms with Crippen molar-refractivity contribution < 1.29 is 9.53 Å². The Labute approximate surface area is 117 Å². The summed E-state index contributed by atoms with van der Waals surface area (Å²) in [4.78, 5) is 12.1. The normalized spacial score (nSPS) is 13.8. The number of ether oxygens (including phenoxy) is 1. The van der Waals surface area contributed by atoms with Crippen molar-refractivity contribution in [2.45, 2.75) is 59.0 Å². The third-order valence-corrected chi connectivity index (χ3v) is 3.44. The van der Waals surface area contributed by atoms with Gasteiger partial charge in [-0.15, -0.1) is 0 Å². The van der Waals surface area contributed by atoms with Gasteiger partial charge in [0, 0.05) is 0 Å². The molecule has 0 aliphatic carbocycles. The van der Waals surface area contributed by atoms with Gasteiger partial charge in [-0.05, 0) is 18.4 Å². The van der Waals surface area contributed by atoms with Gasteiger partial charge in [0.15, 0.2) is 0 Å². The Bertz CT molecular complexity index is 359. The van der Waals surface area contributed by atoms with Crippen LogP contribution in [0.25, 0.3) is 0 Å². The molecule has 1 aromatic carbocycles. The average Bonchev–Trinajstić information content (AvgIpc) is 2.45. The quantitative estimate of drug-likeness (QED) is 0.492. The summed E-state index contributed by atoms with van der Waals surface area (Å²) in [6, 6.07) is 9.98. The van der Waals surface area contributed by atoms with E-state index >= 15 is 0 Å². The fraction of sp³-hybridized carbons (Fsp3) is 0.588. The molecule has 1 rings (SSSR count). The van der Waals surface area contributed by atoms with Crippen molar-refractivity contribution in [1.29, 1.82) is 0 Å². The maximum absolute atomic E-state index is 12.1. The molecule has 0 spiro atoms. The Balaban J connectivity index is 2.49. The van der Waals surface area contributed by atoms with Crippen LogP contribution in [0.15, 0.2) is 30.3 Å². The molecule has 0 saturated carbocycles. The van der Waals surface area contributed by atoms with Gasteiger partial charge in [0.25, 0.3) is 0 Å². The Hall–Kier alpha value is -1.31. The molecule has 2 atom stereocenters. The molecule has 2 heteroatoms. The van der Waals surface area contributed by atoms with Crippen molar-refractivity contribution in [1.82, 2.24) is 0 Å². The van der Waals surface area contributed by atoms with Gasteiger partial charge >= 0.3 is 5.97 Å². The highest BCUT2D eigenvalue weighted by molar-refractivity contribution is 5.72. The van der Waals surface area contributed by atoms with E-state index in [-0.39, 0.29) is 18.0 Å². The molecular weight excluding hydrogens is 236 g/mol. The highest BCUT2D eigenvalue weighted by atomic mass is 16.5. The fourth-order valence-corrected chi connectivity index (χ4v) is 2.13. The number of hydrogen-bond acceptors (Lipinski definition) is 2. The third-order valence-electron chi connectivity index (χ3n) is 3.44. The van der Waals surface area contributed by atoms with E-state index in [2.05, 4.69) is 6.92 Å². The molecule has 0 N–H and O–H groups in total.